The molecular weight excluding hydrogens is 368 g/mol. The molecule has 3 rings (SSSR count). The van der Waals surface area contributed by atoms with Crippen molar-refractivity contribution < 1.29 is 13.2 Å². The minimum atomic E-state index is -3.58. The van der Waals surface area contributed by atoms with E-state index in [2.05, 4.69) is 18.6 Å². The van der Waals surface area contributed by atoms with Crippen LogP contribution in [0.3, 0.4) is 0 Å². The smallest absolute Gasteiger partial charge is 0.271 e. The van der Waals surface area contributed by atoms with E-state index in [1.165, 1.54) is 11.3 Å². The molecule has 0 saturated heterocycles. The predicted molar refractivity (Wildman–Crippen MR) is 106 cm³/mol. The van der Waals surface area contributed by atoms with Gasteiger partial charge in [0.1, 0.15) is 4.21 Å². The number of carbonyl (C=O) groups is 1. The van der Waals surface area contributed by atoms with Crippen molar-refractivity contribution in [2.24, 2.45) is 5.92 Å². The van der Waals surface area contributed by atoms with E-state index in [1.807, 2.05) is 30.0 Å². The first kappa shape index (κ1) is 18.9. The zero-order valence-corrected chi connectivity index (χ0v) is 16.9. The lowest BCUT2D eigenvalue weighted by Gasteiger charge is -2.31. The van der Waals surface area contributed by atoms with Gasteiger partial charge in [0.15, 0.2) is 0 Å². The van der Waals surface area contributed by atoms with Crippen LogP contribution >= 0.6 is 11.3 Å². The Bertz CT molecular complexity index is 917. The predicted octanol–water partition coefficient (Wildman–Crippen LogP) is 4.05. The number of rotatable bonds is 6. The van der Waals surface area contributed by atoms with E-state index >= 15 is 0 Å². The SMILES string of the molecule is CCc1ccc(S(=O)(=O)Nc2ccc3c(c2)CCC(=O)N3CC(C)C)s1. The van der Waals surface area contributed by atoms with Gasteiger partial charge < -0.3 is 4.90 Å². The van der Waals surface area contributed by atoms with Crippen molar-refractivity contribution >= 4 is 38.6 Å². The third-order valence-electron chi connectivity index (χ3n) is 4.33. The van der Waals surface area contributed by atoms with Crippen LogP contribution in [0.4, 0.5) is 11.4 Å². The lowest BCUT2D eigenvalue weighted by atomic mass is 9.99. The Morgan fingerprint density at radius 3 is 2.62 bits per heavy atom. The number of sulfonamides is 1. The highest BCUT2D eigenvalue weighted by Crippen LogP contribution is 2.32. The van der Waals surface area contributed by atoms with Crippen molar-refractivity contribution in [2.75, 3.05) is 16.2 Å². The van der Waals surface area contributed by atoms with Gasteiger partial charge in [-0.3, -0.25) is 9.52 Å². The number of nitrogens with zero attached hydrogens (tertiary/aromatic N) is 1. The second-order valence-corrected chi connectivity index (χ2v) is 10.00. The summed E-state index contributed by atoms with van der Waals surface area (Å²) in [7, 11) is -3.58. The Hall–Kier alpha value is -1.86. The topological polar surface area (TPSA) is 66.5 Å². The molecule has 0 saturated carbocycles. The van der Waals surface area contributed by atoms with Crippen molar-refractivity contribution in [3.8, 4) is 0 Å². The van der Waals surface area contributed by atoms with E-state index in [4.69, 9.17) is 0 Å². The summed E-state index contributed by atoms with van der Waals surface area (Å²) < 4.78 is 28.2. The highest BCUT2D eigenvalue weighted by molar-refractivity contribution is 7.94. The van der Waals surface area contributed by atoms with Gasteiger partial charge in [-0.15, -0.1) is 11.3 Å². The number of nitrogens with one attached hydrogen (secondary N) is 1. The number of benzene rings is 1. The van der Waals surface area contributed by atoms with Crippen LogP contribution in [0.5, 0.6) is 0 Å². The van der Waals surface area contributed by atoms with E-state index in [9.17, 15) is 13.2 Å². The van der Waals surface area contributed by atoms with Gasteiger partial charge in [0.2, 0.25) is 5.91 Å². The van der Waals surface area contributed by atoms with Crippen molar-refractivity contribution in [1.29, 1.82) is 0 Å². The van der Waals surface area contributed by atoms with Crippen molar-refractivity contribution in [1.82, 2.24) is 0 Å². The molecule has 1 aliphatic rings. The van der Waals surface area contributed by atoms with Gasteiger partial charge in [0.25, 0.3) is 10.0 Å². The van der Waals surface area contributed by atoms with E-state index < -0.39 is 10.0 Å². The fourth-order valence-electron chi connectivity index (χ4n) is 3.09. The Morgan fingerprint density at radius 2 is 1.96 bits per heavy atom. The summed E-state index contributed by atoms with van der Waals surface area (Å²) in [6.45, 7) is 6.83. The molecule has 1 N–H and O–H groups in total. The average Bonchev–Trinajstić information content (AvgIpc) is 3.07. The Kier molecular flexibility index (Phi) is 5.39. The summed E-state index contributed by atoms with van der Waals surface area (Å²) in [4.78, 5) is 15.1. The van der Waals surface area contributed by atoms with Gasteiger partial charge in [0, 0.05) is 29.2 Å². The first-order valence-electron chi connectivity index (χ1n) is 8.85. The first-order chi connectivity index (χ1) is 12.3. The van der Waals surface area contributed by atoms with Crippen LogP contribution in [0.25, 0.3) is 0 Å². The second kappa shape index (κ2) is 7.40. The molecule has 1 aliphatic heterocycles. The number of hydrogen-bond acceptors (Lipinski definition) is 4. The maximum absolute atomic E-state index is 12.6. The molecule has 1 amide bonds. The van der Waals surface area contributed by atoms with Crippen LogP contribution in [0.1, 0.15) is 37.6 Å². The third-order valence-corrected chi connectivity index (χ3v) is 7.43. The normalized spacial score (nSPS) is 14.6. The Labute approximate surface area is 159 Å². The van der Waals surface area contributed by atoms with Crippen LogP contribution in [0.2, 0.25) is 0 Å². The molecule has 0 bridgehead atoms. The molecule has 2 heterocycles. The quantitative estimate of drug-likeness (QED) is 0.807. The van der Waals surface area contributed by atoms with Gasteiger partial charge in [-0.25, -0.2) is 8.42 Å². The molecule has 5 nitrogen and oxygen atoms in total. The van der Waals surface area contributed by atoms with Gasteiger partial charge in [-0.1, -0.05) is 20.8 Å². The number of amides is 1. The highest BCUT2D eigenvalue weighted by Gasteiger charge is 2.25. The molecule has 2 aromatic rings. The summed E-state index contributed by atoms with van der Waals surface area (Å²) >= 11 is 1.29. The molecule has 0 spiro atoms. The third kappa shape index (κ3) is 3.94. The van der Waals surface area contributed by atoms with Crippen molar-refractivity contribution in [2.45, 2.75) is 44.2 Å². The van der Waals surface area contributed by atoms with E-state index in [0.717, 1.165) is 22.5 Å². The average molecular weight is 393 g/mol. The summed E-state index contributed by atoms with van der Waals surface area (Å²) in [6, 6.07) is 8.92. The zero-order chi connectivity index (χ0) is 18.9. The maximum atomic E-state index is 12.6. The van der Waals surface area contributed by atoms with Crippen LogP contribution in [0.15, 0.2) is 34.5 Å². The molecule has 0 unspecified atom stereocenters. The largest absolute Gasteiger partial charge is 0.312 e. The van der Waals surface area contributed by atoms with Crippen LogP contribution < -0.4 is 9.62 Å². The first-order valence-corrected chi connectivity index (χ1v) is 11.1. The fraction of sp³-hybridized carbons (Fsp3) is 0.421. The highest BCUT2D eigenvalue weighted by atomic mass is 32.2. The van der Waals surface area contributed by atoms with Gasteiger partial charge in [-0.2, -0.15) is 0 Å². The lowest BCUT2D eigenvalue weighted by molar-refractivity contribution is -0.119. The monoisotopic (exact) mass is 392 g/mol. The van der Waals surface area contributed by atoms with E-state index in [1.54, 1.807) is 12.1 Å². The molecule has 0 fully saturated rings. The van der Waals surface area contributed by atoms with Crippen LogP contribution in [-0.4, -0.2) is 20.9 Å². The number of fused-ring (bicyclic) bond motifs is 1. The maximum Gasteiger partial charge on any atom is 0.271 e. The van der Waals surface area contributed by atoms with Gasteiger partial charge in [-0.05, 0) is 54.7 Å². The molecule has 26 heavy (non-hydrogen) atoms. The van der Waals surface area contributed by atoms with Crippen LogP contribution in [-0.2, 0) is 27.7 Å². The second-order valence-electron chi connectivity index (χ2n) is 6.92. The number of thiophene rings is 1. The lowest BCUT2D eigenvalue weighted by Crippen LogP contribution is -2.37. The summed E-state index contributed by atoms with van der Waals surface area (Å²) in [6.07, 6.45) is 1.91. The molecule has 0 atom stereocenters. The molecule has 7 heteroatoms. The number of carbonyl (C=O) groups excluding carboxylic acids is 1. The fourth-order valence-corrected chi connectivity index (χ4v) is 5.43. The molecule has 1 aromatic carbocycles. The molecule has 140 valence electrons. The number of hydrogen-bond donors (Lipinski definition) is 1. The standard InChI is InChI=1S/C19H24N2O3S2/c1-4-16-7-10-19(25-16)26(23,24)20-15-6-8-17-14(11-15)5-9-18(22)21(17)12-13(2)3/h6-8,10-11,13,20H,4-5,9,12H2,1-3H3. The van der Waals surface area contributed by atoms with Crippen LogP contribution in [0, 0.1) is 5.92 Å². The van der Waals surface area contributed by atoms with Crippen molar-refractivity contribution in [3.05, 3.63) is 40.8 Å². The molecule has 0 radical (unpaired) electrons. The van der Waals surface area contributed by atoms with E-state index in [0.29, 0.717) is 35.2 Å². The Balaban J connectivity index is 1.86. The minimum Gasteiger partial charge on any atom is -0.312 e. The van der Waals surface area contributed by atoms with Crippen molar-refractivity contribution in [3.63, 3.8) is 0 Å². The summed E-state index contributed by atoms with van der Waals surface area (Å²) in [5.41, 5.74) is 2.43. The van der Waals surface area contributed by atoms with Gasteiger partial charge in [0.05, 0.1) is 0 Å². The van der Waals surface area contributed by atoms with Gasteiger partial charge >= 0.3 is 0 Å². The Morgan fingerprint density at radius 1 is 1.19 bits per heavy atom. The summed E-state index contributed by atoms with van der Waals surface area (Å²) in [5, 5.41) is 0. The summed E-state index contributed by atoms with van der Waals surface area (Å²) in [5.74, 6) is 0.500. The molecule has 1 aromatic heterocycles. The minimum absolute atomic E-state index is 0.130. The number of anilines is 2. The number of aryl methyl sites for hydroxylation is 2. The zero-order valence-electron chi connectivity index (χ0n) is 15.3. The molecular formula is C19H24N2O3S2. The molecule has 0 aliphatic carbocycles. The van der Waals surface area contributed by atoms with E-state index in [-0.39, 0.29) is 5.91 Å².